The minimum atomic E-state index is -0.450. The van der Waals surface area contributed by atoms with Crippen molar-refractivity contribution >= 4 is 17.7 Å². The summed E-state index contributed by atoms with van der Waals surface area (Å²) in [4.78, 5) is 19.3. The lowest BCUT2D eigenvalue weighted by molar-refractivity contribution is 0.0728. The Labute approximate surface area is 176 Å². The van der Waals surface area contributed by atoms with E-state index in [1.807, 2.05) is 35.4 Å². The van der Waals surface area contributed by atoms with Crippen molar-refractivity contribution in [3.8, 4) is 5.75 Å². The Morgan fingerprint density at radius 2 is 2.10 bits per heavy atom. The molecule has 1 aromatic carbocycles. The van der Waals surface area contributed by atoms with Gasteiger partial charge in [0, 0.05) is 18.3 Å². The number of carbonyl (C=O) groups excluding carboxylic acids is 1. The van der Waals surface area contributed by atoms with Crippen molar-refractivity contribution in [3.05, 3.63) is 53.2 Å². The first kappa shape index (κ1) is 20.2. The fourth-order valence-electron chi connectivity index (χ4n) is 4.38. The molecule has 2 aliphatic rings. The van der Waals surface area contributed by atoms with Crippen molar-refractivity contribution in [3.63, 3.8) is 0 Å². The SMILES string of the molecule is CSc1ncccc1C(=O)N1CCOc2ccc([C@H](O)C3CCCCC3)cc2C1. The zero-order valence-electron chi connectivity index (χ0n) is 16.8. The van der Waals surface area contributed by atoms with Gasteiger partial charge in [-0.2, -0.15) is 0 Å². The van der Waals surface area contributed by atoms with Crippen LogP contribution in [-0.2, 0) is 6.54 Å². The highest BCUT2D eigenvalue weighted by atomic mass is 32.2. The summed E-state index contributed by atoms with van der Waals surface area (Å²) in [6.45, 7) is 1.46. The number of rotatable bonds is 4. The molecule has 1 amide bonds. The smallest absolute Gasteiger partial charge is 0.257 e. The zero-order valence-corrected chi connectivity index (χ0v) is 17.7. The first-order valence-corrected chi connectivity index (χ1v) is 11.6. The Morgan fingerprint density at radius 1 is 1.28 bits per heavy atom. The molecular formula is C23H28N2O3S. The standard InChI is InChI=1S/C23H28N2O3S/c1-29-22-19(8-5-11-24-22)23(27)25-12-13-28-20-10-9-17(14-18(20)15-25)21(26)16-6-3-2-4-7-16/h5,8-11,14,16,21,26H,2-4,6-7,12-13,15H2,1H3/t21-/m1/s1. The number of aliphatic hydroxyl groups is 1. The summed E-state index contributed by atoms with van der Waals surface area (Å²) < 4.78 is 5.91. The number of aliphatic hydroxyl groups excluding tert-OH is 1. The second-order valence-electron chi connectivity index (χ2n) is 7.85. The van der Waals surface area contributed by atoms with E-state index >= 15 is 0 Å². The monoisotopic (exact) mass is 412 g/mol. The molecule has 29 heavy (non-hydrogen) atoms. The highest BCUT2D eigenvalue weighted by molar-refractivity contribution is 7.98. The molecule has 1 atom stereocenters. The van der Waals surface area contributed by atoms with Crippen LogP contribution >= 0.6 is 11.8 Å². The molecule has 4 rings (SSSR count). The van der Waals surface area contributed by atoms with Crippen LogP contribution in [0.4, 0.5) is 0 Å². The molecule has 1 saturated carbocycles. The van der Waals surface area contributed by atoms with E-state index in [2.05, 4.69) is 4.98 Å². The van der Waals surface area contributed by atoms with Gasteiger partial charge in [-0.05, 0) is 54.8 Å². The Bertz CT molecular complexity index is 867. The van der Waals surface area contributed by atoms with Gasteiger partial charge < -0.3 is 14.7 Å². The van der Waals surface area contributed by atoms with E-state index in [9.17, 15) is 9.90 Å². The van der Waals surface area contributed by atoms with E-state index in [1.165, 1.54) is 31.0 Å². The van der Waals surface area contributed by atoms with Gasteiger partial charge in [0.15, 0.2) is 0 Å². The number of hydrogen-bond acceptors (Lipinski definition) is 5. The third-order valence-electron chi connectivity index (χ3n) is 5.98. The van der Waals surface area contributed by atoms with Gasteiger partial charge >= 0.3 is 0 Å². The van der Waals surface area contributed by atoms with Gasteiger partial charge in [0.2, 0.25) is 0 Å². The van der Waals surface area contributed by atoms with Crippen LogP contribution in [-0.4, -0.2) is 40.3 Å². The van der Waals surface area contributed by atoms with Crippen LogP contribution in [0.2, 0.25) is 0 Å². The summed E-state index contributed by atoms with van der Waals surface area (Å²) in [5.41, 5.74) is 2.51. The highest BCUT2D eigenvalue weighted by Gasteiger charge is 2.26. The first-order chi connectivity index (χ1) is 14.2. The maximum atomic E-state index is 13.2. The van der Waals surface area contributed by atoms with Gasteiger partial charge in [-0.3, -0.25) is 4.79 Å². The Morgan fingerprint density at radius 3 is 2.90 bits per heavy atom. The molecule has 1 N–H and O–H groups in total. The van der Waals surface area contributed by atoms with Gasteiger partial charge in [-0.15, -0.1) is 11.8 Å². The maximum absolute atomic E-state index is 13.2. The molecule has 1 fully saturated rings. The van der Waals surface area contributed by atoms with Crippen LogP contribution in [0.15, 0.2) is 41.6 Å². The van der Waals surface area contributed by atoms with Crippen molar-refractivity contribution in [1.82, 2.24) is 9.88 Å². The van der Waals surface area contributed by atoms with Crippen molar-refractivity contribution in [2.24, 2.45) is 5.92 Å². The van der Waals surface area contributed by atoms with E-state index in [-0.39, 0.29) is 5.91 Å². The summed E-state index contributed by atoms with van der Waals surface area (Å²) in [5.74, 6) is 1.10. The predicted molar refractivity (Wildman–Crippen MR) is 114 cm³/mol. The summed E-state index contributed by atoms with van der Waals surface area (Å²) in [7, 11) is 0. The number of hydrogen-bond donors (Lipinski definition) is 1. The van der Waals surface area contributed by atoms with Gasteiger partial charge in [-0.1, -0.05) is 25.3 Å². The van der Waals surface area contributed by atoms with Crippen LogP contribution in [0.5, 0.6) is 5.75 Å². The number of benzene rings is 1. The average molecular weight is 413 g/mol. The summed E-state index contributed by atoms with van der Waals surface area (Å²) in [6.07, 6.45) is 9.01. The predicted octanol–water partition coefficient (Wildman–Crippen LogP) is 4.45. The second kappa shape index (κ2) is 9.18. The maximum Gasteiger partial charge on any atom is 0.257 e. The molecule has 0 spiro atoms. The summed E-state index contributed by atoms with van der Waals surface area (Å²) in [6, 6.07) is 9.58. The third kappa shape index (κ3) is 4.43. The quantitative estimate of drug-likeness (QED) is 0.752. The lowest BCUT2D eigenvalue weighted by atomic mass is 9.82. The minimum Gasteiger partial charge on any atom is -0.491 e. The van der Waals surface area contributed by atoms with Gasteiger partial charge in [0.25, 0.3) is 5.91 Å². The second-order valence-corrected chi connectivity index (χ2v) is 8.64. The molecule has 2 aromatic rings. The number of aromatic nitrogens is 1. The Hall–Kier alpha value is -2.05. The number of nitrogens with zero attached hydrogens (tertiary/aromatic N) is 2. The molecule has 0 saturated heterocycles. The summed E-state index contributed by atoms with van der Waals surface area (Å²) >= 11 is 1.48. The van der Waals surface area contributed by atoms with Crippen molar-refractivity contribution in [2.45, 2.75) is 49.8 Å². The molecule has 154 valence electrons. The molecule has 1 aromatic heterocycles. The topological polar surface area (TPSA) is 62.7 Å². The number of pyridine rings is 1. The summed E-state index contributed by atoms with van der Waals surface area (Å²) in [5, 5.41) is 11.6. The number of fused-ring (bicyclic) bond motifs is 1. The fourth-order valence-corrected chi connectivity index (χ4v) is 4.92. The lowest BCUT2D eigenvalue weighted by Crippen LogP contribution is -2.33. The zero-order chi connectivity index (χ0) is 20.2. The largest absolute Gasteiger partial charge is 0.491 e. The third-order valence-corrected chi connectivity index (χ3v) is 6.70. The van der Waals surface area contributed by atoms with Crippen LogP contribution in [0.3, 0.4) is 0 Å². The molecule has 0 radical (unpaired) electrons. The van der Waals surface area contributed by atoms with E-state index in [1.54, 1.807) is 12.3 Å². The van der Waals surface area contributed by atoms with E-state index in [0.717, 1.165) is 34.7 Å². The van der Waals surface area contributed by atoms with Crippen LogP contribution < -0.4 is 4.74 Å². The molecule has 2 heterocycles. The van der Waals surface area contributed by atoms with E-state index < -0.39 is 6.10 Å². The minimum absolute atomic E-state index is 0.0304. The highest BCUT2D eigenvalue weighted by Crippen LogP contribution is 2.36. The first-order valence-electron chi connectivity index (χ1n) is 10.4. The molecule has 1 aliphatic heterocycles. The Balaban J connectivity index is 1.56. The van der Waals surface area contributed by atoms with Gasteiger partial charge in [0.1, 0.15) is 17.4 Å². The molecule has 5 nitrogen and oxygen atoms in total. The molecule has 6 heteroatoms. The van der Waals surface area contributed by atoms with E-state index in [0.29, 0.717) is 31.2 Å². The lowest BCUT2D eigenvalue weighted by Gasteiger charge is -2.27. The van der Waals surface area contributed by atoms with E-state index in [4.69, 9.17) is 4.74 Å². The Kier molecular flexibility index (Phi) is 6.40. The van der Waals surface area contributed by atoms with Crippen molar-refractivity contribution in [1.29, 1.82) is 0 Å². The average Bonchev–Trinajstić information content (AvgIpc) is 3.00. The molecular weight excluding hydrogens is 384 g/mol. The number of carbonyl (C=O) groups is 1. The molecule has 1 aliphatic carbocycles. The normalized spacial score (nSPS) is 18.5. The fraction of sp³-hybridized carbons (Fsp3) is 0.478. The molecule has 0 bridgehead atoms. The van der Waals surface area contributed by atoms with Gasteiger partial charge in [-0.25, -0.2) is 4.98 Å². The number of ether oxygens (including phenoxy) is 1. The van der Waals surface area contributed by atoms with Crippen LogP contribution in [0.25, 0.3) is 0 Å². The number of amides is 1. The number of thioether (sulfide) groups is 1. The van der Waals surface area contributed by atoms with Gasteiger partial charge in [0.05, 0.1) is 18.2 Å². The van der Waals surface area contributed by atoms with Crippen LogP contribution in [0, 0.1) is 5.92 Å². The van der Waals surface area contributed by atoms with Crippen LogP contribution in [0.1, 0.15) is 59.7 Å². The van der Waals surface area contributed by atoms with Crippen molar-refractivity contribution in [2.75, 3.05) is 19.4 Å². The van der Waals surface area contributed by atoms with Crippen molar-refractivity contribution < 1.29 is 14.6 Å². The molecule has 0 unspecified atom stereocenters.